The molecule has 1 saturated carbocycles. The molecule has 0 unspecified atom stereocenters. The van der Waals surface area contributed by atoms with Gasteiger partial charge in [0.25, 0.3) is 0 Å². The van der Waals surface area contributed by atoms with Gasteiger partial charge in [-0.25, -0.2) is 0 Å². The molecule has 1 saturated heterocycles. The van der Waals surface area contributed by atoms with Crippen LogP contribution in [0.3, 0.4) is 0 Å². The fraction of sp³-hybridized carbons (Fsp3) is 0.929. The molecular formula is C14H23NO4. The third-order valence-corrected chi connectivity index (χ3v) is 3.87. The second-order valence-corrected chi connectivity index (χ2v) is 5.26. The third-order valence-electron chi connectivity index (χ3n) is 3.87. The molecule has 19 heavy (non-hydrogen) atoms. The van der Waals surface area contributed by atoms with Crippen molar-refractivity contribution in [3.63, 3.8) is 0 Å². The van der Waals surface area contributed by atoms with E-state index in [0.29, 0.717) is 32.3 Å². The van der Waals surface area contributed by atoms with Crippen molar-refractivity contribution in [3.05, 3.63) is 0 Å². The summed E-state index contributed by atoms with van der Waals surface area (Å²) in [6.07, 6.45) is 3.90. The summed E-state index contributed by atoms with van der Waals surface area (Å²) in [5, 5.41) is 8.89. The maximum Gasteiger partial charge on any atom is 0.160 e. The van der Waals surface area contributed by atoms with Gasteiger partial charge in [0.15, 0.2) is 6.29 Å². The Kier molecular flexibility index (Phi) is 6.05. The predicted molar refractivity (Wildman–Crippen MR) is 68.4 cm³/mol. The van der Waals surface area contributed by atoms with Gasteiger partial charge in [-0.1, -0.05) is 0 Å². The Morgan fingerprint density at radius 1 is 1.11 bits per heavy atom. The molecule has 2 rings (SSSR count). The molecule has 0 aromatic heterocycles. The molecule has 2 aliphatic rings. The Balaban J connectivity index is 1.65. The maximum atomic E-state index is 8.89. The Morgan fingerprint density at radius 2 is 1.79 bits per heavy atom. The molecule has 0 atom stereocenters. The van der Waals surface area contributed by atoms with Crippen LogP contribution in [0.4, 0.5) is 0 Å². The molecule has 0 N–H and O–H groups in total. The van der Waals surface area contributed by atoms with Crippen LogP contribution in [0, 0.1) is 23.2 Å². The van der Waals surface area contributed by atoms with Crippen molar-refractivity contribution in [2.75, 3.05) is 33.5 Å². The van der Waals surface area contributed by atoms with Gasteiger partial charge in [-0.05, 0) is 25.7 Å². The monoisotopic (exact) mass is 269 g/mol. The molecule has 0 radical (unpaired) electrons. The van der Waals surface area contributed by atoms with Crippen LogP contribution >= 0.6 is 0 Å². The largest absolute Gasteiger partial charge is 0.382 e. The van der Waals surface area contributed by atoms with Gasteiger partial charge < -0.3 is 18.9 Å². The Bertz CT molecular complexity index is 288. The molecule has 2 fully saturated rings. The second-order valence-electron chi connectivity index (χ2n) is 5.26. The van der Waals surface area contributed by atoms with Crippen LogP contribution in [0.5, 0.6) is 0 Å². The summed E-state index contributed by atoms with van der Waals surface area (Å²) in [6.45, 7) is 2.35. The van der Waals surface area contributed by atoms with Crippen LogP contribution in [0.2, 0.25) is 0 Å². The van der Waals surface area contributed by atoms with Crippen molar-refractivity contribution < 1.29 is 18.9 Å². The Morgan fingerprint density at radius 3 is 2.37 bits per heavy atom. The van der Waals surface area contributed by atoms with Gasteiger partial charge >= 0.3 is 0 Å². The van der Waals surface area contributed by atoms with Gasteiger partial charge in [0.1, 0.15) is 6.10 Å². The van der Waals surface area contributed by atoms with Gasteiger partial charge in [-0.2, -0.15) is 5.26 Å². The SMILES string of the molecule is COCCOC1COC(C2CCC(C#N)CC2)OC1. The maximum absolute atomic E-state index is 8.89. The first-order valence-electron chi connectivity index (χ1n) is 7.07. The minimum absolute atomic E-state index is 0.0156. The van der Waals surface area contributed by atoms with E-state index in [0.717, 1.165) is 25.7 Å². The fourth-order valence-electron chi connectivity index (χ4n) is 2.69. The average molecular weight is 269 g/mol. The zero-order valence-electron chi connectivity index (χ0n) is 11.5. The number of nitriles is 1. The summed E-state index contributed by atoms with van der Waals surface area (Å²) in [5.41, 5.74) is 0. The molecule has 0 aromatic rings. The summed E-state index contributed by atoms with van der Waals surface area (Å²) < 4.78 is 22.0. The van der Waals surface area contributed by atoms with E-state index in [4.69, 9.17) is 24.2 Å². The van der Waals surface area contributed by atoms with Crippen LogP contribution in [0.15, 0.2) is 0 Å². The van der Waals surface area contributed by atoms with Crippen molar-refractivity contribution in [2.45, 2.75) is 38.1 Å². The quantitative estimate of drug-likeness (QED) is 0.711. The van der Waals surface area contributed by atoms with Crippen LogP contribution in [0.25, 0.3) is 0 Å². The number of hydrogen-bond donors (Lipinski definition) is 0. The molecule has 0 bridgehead atoms. The Labute approximate surface area is 114 Å². The van der Waals surface area contributed by atoms with E-state index in [-0.39, 0.29) is 18.3 Å². The number of ether oxygens (including phenoxy) is 4. The zero-order chi connectivity index (χ0) is 13.5. The van der Waals surface area contributed by atoms with E-state index in [2.05, 4.69) is 6.07 Å². The lowest BCUT2D eigenvalue weighted by Gasteiger charge is -2.36. The minimum Gasteiger partial charge on any atom is -0.382 e. The van der Waals surface area contributed by atoms with Crippen molar-refractivity contribution in [1.82, 2.24) is 0 Å². The predicted octanol–water partition coefficient (Wildman–Crippen LogP) is 1.72. The first kappa shape index (κ1) is 14.7. The highest BCUT2D eigenvalue weighted by Crippen LogP contribution is 2.33. The summed E-state index contributed by atoms with van der Waals surface area (Å²) in [7, 11) is 1.66. The minimum atomic E-state index is -0.109. The van der Waals surface area contributed by atoms with Gasteiger partial charge in [0.2, 0.25) is 0 Å². The highest BCUT2D eigenvalue weighted by Gasteiger charge is 2.32. The van der Waals surface area contributed by atoms with E-state index < -0.39 is 0 Å². The molecule has 5 nitrogen and oxygen atoms in total. The summed E-state index contributed by atoms with van der Waals surface area (Å²) in [5.74, 6) is 0.662. The lowest BCUT2D eigenvalue weighted by Crippen LogP contribution is -2.42. The molecular weight excluding hydrogens is 246 g/mol. The summed E-state index contributed by atoms with van der Waals surface area (Å²) >= 11 is 0. The van der Waals surface area contributed by atoms with Crippen LogP contribution in [-0.4, -0.2) is 45.9 Å². The summed E-state index contributed by atoms with van der Waals surface area (Å²) in [4.78, 5) is 0. The molecule has 0 aromatic carbocycles. The van der Waals surface area contributed by atoms with Gasteiger partial charge in [0, 0.05) is 18.9 Å². The molecule has 1 aliphatic heterocycles. The van der Waals surface area contributed by atoms with E-state index >= 15 is 0 Å². The molecule has 1 heterocycles. The molecule has 0 amide bonds. The first-order valence-corrected chi connectivity index (χ1v) is 7.07. The first-order chi connectivity index (χ1) is 9.33. The zero-order valence-corrected chi connectivity index (χ0v) is 11.5. The van der Waals surface area contributed by atoms with Gasteiger partial charge in [-0.3, -0.25) is 0 Å². The Hall–Kier alpha value is -0.670. The standard InChI is InChI=1S/C14H23NO4/c1-16-6-7-17-13-9-18-14(19-10-13)12-4-2-11(8-15)3-5-12/h11-14H,2-7,9-10H2,1H3. The number of hydrogen-bond acceptors (Lipinski definition) is 5. The van der Waals surface area contributed by atoms with Crippen LogP contribution in [0.1, 0.15) is 25.7 Å². The lowest BCUT2D eigenvalue weighted by molar-refractivity contribution is -0.250. The highest BCUT2D eigenvalue weighted by atomic mass is 16.7. The third kappa shape index (κ3) is 4.43. The topological polar surface area (TPSA) is 60.7 Å². The lowest BCUT2D eigenvalue weighted by atomic mass is 9.82. The molecule has 108 valence electrons. The van der Waals surface area contributed by atoms with E-state index in [1.165, 1.54) is 0 Å². The molecule has 1 aliphatic carbocycles. The molecule has 5 heteroatoms. The van der Waals surface area contributed by atoms with Crippen LogP contribution < -0.4 is 0 Å². The fourth-order valence-corrected chi connectivity index (χ4v) is 2.69. The van der Waals surface area contributed by atoms with Gasteiger partial charge in [0.05, 0.1) is 32.5 Å². The number of rotatable bonds is 5. The van der Waals surface area contributed by atoms with E-state index in [1.807, 2.05) is 0 Å². The highest BCUT2D eigenvalue weighted by molar-refractivity contribution is 4.88. The van der Waals surface area contributed by atoms with Gasteiger partial charge in [-0.15, -0.1) is 0 Å². The molecule has 0 spiro atoms. The van der Waals surface area contributed by atoms with E-state index in [1.54, 1.807) is 7.11 Å². The van der Waals surface area contributed by atoms with Crippen molar-refractivity contribution in [3.8, 4) is 6.07 Å². The van der Waals surface area contributed by atoms with Crippen molar-refractivity contribution in [1.29, 1.82) is 5.26 Å². The smallest absolute Gasteiger partial charge is 0.160 e. The number of nitrogens with zero attached hydrogens (tertiary/aromatic N) is 1. The second kappa shape index (κ2) is 7.81. The average Bonchev–Trinajstić information content (AvgIpc) is 2.48. The van der Waals surface area contributed by atoms with Crippen molar-refractivity contribution >= 4 is 0 Å². The van der Waals surface area contributed by atoms with E-state index in [9.17, 15) is 0 Å². The van der Waals surface area contributed by atoms with Crippen LogP contribution in [-0.2, 0) is 18.9 Å². The normalized spacial score (nSPS) is 35.8. The van der Waals surface area contributed by atoms with Crippen molar-refractivity contribution in [2.24, 2.45) is 11.8 Å². The number of methoxy groups -OCH3 is 1. The summed E-state index contributed by atoms with van der Waals surface area (Å²) in [6, 6.07) is 2.35.